The molecule has 3 aromatic carbocycles. The van der Waals surface area contributed by atoms with Crippen LogP contribution in [0.1, 0.15) is 50.3 Å². The Labute approximate surface area is 249 Å². The smallest absolute Gasteiger partial charge is 0.264 e. The lowest BCUT2D eigenvalue weighted by molar-refractivity contribution is -0.140. The van der Waals surface area contributed by atoms with E-state index in [2.05, 4.69) is 5.32 Å². The van der Waals surface area contributed by atoms with Gasteiger partial charge in [-0.15, -0.1) is 11.8 Å². The molecule has 0 aliphatic heterocycles. The van der Waals surface area contributed by atoms with Crippen molar-refractivity contribution >= 4 is 39.3 Å². The van der Waals surface area contributed by atoms with Crippen molar-refractivity contribution in [1.29, 1.82) is 0 Å². The van der Waals surface area contributed by atoms with Gasteiger partial charge in [0.15, 0.2) is 0 Å². The first-order chi connectivity index (χ1) is 19.5. The lowest BCUT2D eigenvalue weighted by Crippen LogP contribution is -2.53. The van der Waals surface area contributed by atoms with Crippen molar-refractivity contribution in [3.63, 3.8) is 0 Å². The van der Waals surface area contributed by atoms with Crippen LogP contribution in [0.5, 0.6) is 0 Å². The number of carbonyl (C=O) groups excluding carboxylic acids is 2. The van der Waals surface area contributed by atoms with Gasteiger partial charge in [-0.25, -0.2) is 8.42 Å². The topological polar surface area (TPSA) is 86.8 Å². The summed E-state index contributed by atoms with van der Waals surface area (Å²) in [6.07, 6.45) is 3.06. The second-order valence-electron chi connectivity index (χ2n) is 10.3. The second-order valence-corrected chi connectivity index (χ2v) is 13.0. The number of hydrogen-bond donors (Lipinski definition) is 1. The highest BCUT2D eigenvalue weighted by molar-refractivity contribution is 7.98. The Morgan fingerprint density at radius 2 is 1.41 bits per heavy atom. The maximum atomic E-state index is 14.1. The molecule has 0 fully saturated rings. The van der Waals surface area contributed by atoms with Gasteiger partial charge in [-0.2, -0.15) is 0 Å². The van der Waals surface area contributed by atoms with E-state index in [9.17, 15) is 18.0 Å². The maximum Gasteiger partial charge on any atom is 0.264 e. The van der Waals surface area contributed by atoms with Crippen LogP contribution >= 0.6 is 11.8 Å². The zero-order valence-electron chi connectivity index (χ0n) is 24.8. The van der Waals surface area contributed by atoms with E-state index in [1.165, 1.54) is 16.7 Å². The summed E-state index contributed by atoms with van der Waals surface area (Å²) in [5.74, 6) is -0.707. The molecule has 3 rings (SSSR count). The SMILES string of the molecule is CC[C@@H](C)NC(=O)[C@H](CC)N(Cc1ccc(C)cc1)C(=O)CN(c1ccc(C)cc1)S(=O)(=O)c1ccc(SC)cc1. The summed E-state index contributed by atoms with van der Waals surface area (Å²) in [5.41, 5.74) is 3.29. The lowest BCUT2D eigenvalue weighted by Gasteiger charge is -2.33. The first-order valence-electron chi connectivity index (χ1n) is 13.9. The maximum absolute atomic E-state index is 14.1. The molecule has 0 saturated carbocycles. The minimum atomic E-state index is -4.10. The predicted molar refractivity (Wildman–Crippen MR) is 168 cm³/mol. The number of benzene rings is 3. The monoisotopic (exact) mass is 595 g/mol. The molecular weight excluding hydrogens is 555 g/mol. The minimum Gasteiger partial charge on any atom is -0.352 e. The van der Waals surface area contributed by atoms with E-state index in [4.69, 9.17) is 0 Å². The minimum absolute atomic E-state index is 0.0541. The molecule has 0 spiro atoms. The van der Waals surface area contributed by atoms with Crippen LogP contribution in [-0.2, 0) is 26.2 Å². The molecule has 0 aliphatic carbocycles. The molecule has 7 nitrogen and oxygen atoms in total. The Morgan fingerprint density at radius 3 is 1.93 bits per heavy atom. The zero-order valence-corrected chi connectivity index (χ0v) is 26.4. The van der Waals surface area contributed by atoms with Gasteiger partial charge in [0.25, 0.3) is 10.0 Å². The first kappa shape index (κ1) is 32.2. The first-order valence-corrected chi connectivity index (χ1v) is 16.5. The number of sulfonamides is 1. The fourth-order valence-electron chi connectivity index (χ4n) is 4.37. The van der Waals surface area contributed by atoms with Crippen molar-refractivity contribution < 1.29 is 18.0 Å². The second kappa shape index (κ2) is 14.5. The van der Waals surface area contributed by atoms with Gasteiger partial charge in [0, 0.05) is 17.5 Å². The van der Waals surface area contributed by atoms with Gasteiger partial charge in [-0.1, -0.05) is 61.4 Å². The average Bonchev–Trinajstić information content (AvgIpc) is 2.97. The standard InChI is InChI=1S/C32H41N3O4S2/c1-7-25(5)33-32(37)30(8-2)34(21-26-13-9-23(3)10-14-26)31(36)22-35(27-15-11-24(4)12-16-27)41(38,39)29-19-17-28(40-6)18-20-29/h9-20,25,30H,7-8,21-22H2,1-6H3,(H,33,37)/t25-,30+/m1/s1. The molecule has 9 heteroatoms. The molecule has 2 amide bonds. The number of rotatable bonds is 13. The number of nitrogens with zero attached hydrogens (tertiary/aromatic N) is 2. The van der Waals surface area contributed by atoms with Gasteiger partial charge in [0.1, 0.15) is 12.6 Å². The number of anilines is 1. The van der Waals surface area contributed by atoms with E-state index in [0.29, 0.717) is 12.1 Å². The van der Waals surface area contributed by atoms with Crippen molar-refractivity contribution in [3.05, 3.63) is 89.5 Å². The van der Waals surface area contributed by atoms with Gasteiger partial charge in [0.05, 0.1) is 10.6 Å². The van der Waals surface area contributed by atoms with E-state index < -0.39 is 28.5 Å². The molecule has 0 saturated heterocycles. The molecule has 2 atom stereocenters. The highest BCUT2D eigenvalue weighted by Gasteiger charge is 2.34. The van der Waals surface area contributed by atoms with Gasteiger partial charge < -0.3 is 10.2 Å². The fourth-order valence-corrected chi connectivity index (χ4v) is 6.19. The third-order valence-electron chi connectivity index (χ3n) is 7.11. The van der Waals surface area contributed by atoms with Crippen LogP contribution in [0.3, 0.4) is 0 Å². The van der Waals surface area contributed by atoms with Gasteiger partial charge in [-0.05, 0) is 81.8 Å². The van der Waals surface area contributed by atoms with E-state index in [1.807, 2.05) is 77.3 Å². The highest BCUT2D eigenvalue weighted by Crippen LogP contribution is 2.27. The Balaban J connectivity index is 2.05. The van der Waals surface area contributed by atoms with E-state index in [-0.39, 0.29) is 23.4 Å². The molecule has 3 aromatic rings. The number of hydrogen-bond acceptors (Lipinski definition) is 5. The number of nitrogens with one attached hydrogen (secondary N) is 1. The van der Waals surface area contributed by atoms with Crippen LogP contribution in [0.15, 0.2) is 82.6 Å². The van der Waals surface area contributed by atoms with Crippen LogP contribution in [0.25, 0.3) is 0 Å². The summed E-state index contributed by atoms with van der Waals surface area (Å²) in [5, 5.41) is 3.00. The molecule has 0 aliphatic rings. The number of thioether (sulfide) groups is 1. The third kappa shape index (κ3) is 8.36. The van der Waals surface area contributed by atoms with Crippen molar-refractivity contribution in [2.45, 2.75) is 75.9 Å². The van der Waals surface area contributed by atoms with Gasteiger partial charge >= 0.3 is 0 Å². The summed E-state index contributed by atoms with van der Waals surface area (Å²) in [4.78, 5) is 30.0. The van der Waals surface area contributed by atoms with Crippen molar-refractivity contribution in [2.24, 2.45) is 0 Å². The van der Waals surface area contributed by atoms with Gasteiger partial charge in [-0.3, -0.25) is 13.9 Å². The third-order valence-corrected chi connectivity index (χ3v) is 9.64. The molecule has 0 unspecified atom stereocenters. The number of carbonyl (C=O) groups is 2. The molecular formula is C32H41N3O4S2. The lowest BCUT2D eigenvalue weighted by atomic mass is 10.1. The van der Waals surface area contributed by atoms with Crippen molar-refractivity contribution in [3.8, 4) is 0 Å². The predicted octanol–water partition coefficient (Wildman–Crippen LogP) is 5.94. The molecule has 0 aromatic heterocycles. The summed E-state index contributed by atoms with van der Waals surface area (Å²) >= 11 is 1.52. The summed E-state index contributed by atoms with van der Waals surface area (Å²) in [7, 11) is -4.10. The average molecular weight is 596 g/mol. The highest BCUT2D eigenvalue weighted by atomic mass is 32.2. The molecule has 1 N–H and O–H groups in total. The normalized spacial score (nSPS) is 12.8. The molecule has 220 valence electrons. The molecule has 41 heavy (non-hydrogen) atoms. The summed E-state index contributed by atoms with van der Waals surface area (Å²) in [6.45, 7) is 9.39. The van der Waals surface area contributed by atoms with Crippen LogP contribution in [0, 0.1) is 13.8 Å². The van der Waals surface area contributed by atoms with Crippen LogP contribution < -0.4 is 9.62 Å². The molecule has 0 radical (unpaired) electrons. The van der Waals surface area contributed by atoms with Crippen LogP contribution in [0.4, 0.5) is 5.69 Å². The largest absolute Gasteiger partial charge is 0.352 e. The number of aryl methyl sites for hydroxylation is 2. The van der Waals surface area contributed by atoms with E-state index >= 15 is 0 Å². The Hall–Kier alpha value is -3.30. The van der Waals surface area contributed by atoms with E-state index in [0.717, 1.165) is 32.3 Å². The molecule has 0 bridgehead atoms. The quantitative estimate of drug-likeness (QED) is 0.247. The van der Waals surface area contributed by atoms with Gasteiger partial charge in [0.2, 0.25) is 11.8 Å². The fraction of sp³-hybridized carbons (Fsp3) is 0.375. The summed E-state index contributed by atoms with van der Waals surface area (Å²) < 4.78 is 29.1. The van der Waals surface area contributed by atoms with Crippen molar-refractivity contribution in [2.75, 3.05) is 17.1 Å². The summed E-state index contributed by atoms with van der Waals surface area (Å²) in [6, 6.07) is 20.6. The Morgan fingerprint density at radius 1 is 0.854 bits per heavy atom. The zero-order chi connectivity index (χ0) is 30.2. The Kier molecular flexibility index (Phi) is 11.4. The van der Waals surface area contributed by atoms with E-state index in [1.54, 1.807) is 36.4 Å². The number of amides is 2. The molecule has 0 heterocycles. The van der Waals surface area contributed by atoms with Crippen molar-refractivity contribution in [1.82, 2.24) is 10.2 Å². The Bertz CT molecular complexity index is 1410. The van der Waals surface area contributed by atoms with Crippen LogP contribution in [0.2, 0.25) is 0 Å². The van der Waals surface area contributed by atoms with Crippen LogP contribution in [-0.4, -0.2) is 50.0 Å².